The number of aliphatic hydroxyl groups is 2. The summed E-state index contributed by atoms with van der Waals surface area (Å²) in [7, 11) is 0. The van der Waals surface area contributed by atoms with Gasteiger partial charge >= 0.3 is 0 Å². The quantitative estimate of drug-likeness (QED) is 0.852. The van der Waals surface area contributed by atoms with Gasteiger partial charge in [0.05, 0.1) is 0 Å². The zero-order chi connectivity index (χ0) is 11.6. The topological polar surface area (TPSA) is 53.4 Å². The van der Waals surface area contributed by atoms with Crippen molar-refractivity contribution < 1.29 is 10.2 Å². The van der Waals surface area contributed by atoms with Gasteiger partial charge < -0.3 is 10.2 Å². The Hall–Kier alpha value is -0.450. The molecule has 0 bridgehead atoms. The number of thiazole rings is 1. The Labute approximate surface area is 100 Å². The van der Waals surface area contributed by atoms with Crippen molar-refractivity contribution in [1.82, 2.24) is 4.98 Å². The third kappa shape index (κ3) is 2.29. The number of hydrogen-bond donors (Lipinski definition) is 2. The van der Waals surface area contributed by atoms with Gasteiger partial charge in [-0.3, -0.25) is 0 Å². The largest absolute Gasteiger partial charge is 0.396 e. The molecule has 0 spiro atoms. The minimum atomic E-state index is -0.797. The maximum Gasteiger partial charge on any atom is 0.124 e. The Morgan fingerprint density at radius 3 is 2.62 bits per heavy atom. The van der Waals surface area contributed by atoms with E-state index in [-0.39, 0.29) is 12.5 Å². The highest BCUT2D eigenvalue weighted by molar-refractivity contribution is 7.09. The van der Waals surface area contributed by atoms with Gasteiger partial charge in [0.1, 0.15) is 10.6 Å². The molecule has 2 N–H and O–H groups in total. The molecule has 16 heavy (non-hydrogen) atoms. The summed E-state index contributed by atoms with van der Waals surface area (Å²) in [6, 6.07) is 0. The molecule has 3 nitrogen and oxygen atoms in total. The van der Waals surface area contributed by atoms with E-state index in [2.05, 4.69) is 4.98 Å². The lowest BCUT2D eigenvalue weighted by Crippen LogP contribution is -2.35. The van der Waals surface area contributed by atoms with Gasteiger partial charge in [-0.25, -0.2) is 4.98 Å². The summed E-state index contributed by atoms with van der Waals surface area (Å²) >= 11 is 1.52. The fourth-order valence-corrected chi connectivity index (χ4v) is 3.33. The number of rotatable bonds is 3. The molecule has 0 saturated heterocycles. The van der Waals surface area contributed by atoms with Crippen LogP contribution >= 0.6 is 11.3 Å². The third-order valence-corrected chi connectivity index (χ3v) is 4.76. The third-order valence-electron chi connectivity index (χ3n) is 3.77. The Bertz CT molecular complexity index is 316. The van der Waals surface area contributed by atoms with Crippen LogP contribution in [0.15, 0.2) is 11.6 Å². The van der Waals surface area contributed by atoms with Gasteiger partial charge in [-0.15, -0.1) is 11.3 Å². The summed E-state index contributed by atoms with van der Waals surface area (Å²) in [6.45, 7) is 2.15. The predicted octanol–water partition coefficient (Wildman–Crippen LogP) is 2.15. The highest BCUT2D eigenvalue weighted by Gasteiger charge is 2.38. The van der Waals surface area contributed by atoms with Gasteiger partial charge in [-0.2, -0.15) is 0 Å². The van der Waals surface area contributed by atoms with Crippen molar-refractivity contribution in [2.45, 2.75) is 38.2 Å². The zero-order valence-electron chi connectivity index (χ0n) is 9.59. The summed E-state index contributed by atoms with van der Waals surface area (Å²) < 4.78 is 0. The van der Waals surface area contributed by atoms with Crippen LogP contribution in [0.1, 0.15) is 37.6 Å². The van der Waals surface area contributed by atoms with Crippen molar-refractivity contribution in [3.63, 3.8) is 0 Å². The lowest BCUT2D eigenvalue weighted by molar-refractivity contribution is -0.0308. The highest BCUT2D eigenvalue weighted by Crippen LogP contribution is 2.41. The van der Waals surface area contributed by atoms with Gasteiger partial charge in [0, 0.05) is 18.2 Å². The molecule has 4 heteroatoms. The van der Waals surface area contributed by atoms with Gasteiger partial charge in [-0.05, 0) is 44.4 Å². The van der Waals surface area contributed by atoms with E-state index in [4.69, 9.17) is 5.11 Å². The van der Waals surface area contributed by atoms with E-state index in [1.165, 1.54) is 11.3 Å². The molecule has 0 radical (unpaired) electrons. The molecule has 1 atom stereocenters. The second kappa shape index (κ2) is 4.82. The predicted molar refractivity (Wildman–Crippen MR) is 64.2 cm³/mol. The smallest absolute Gasteiger partial charge is 0.124 e. The van der Waals surface area contributed by atoms with E-state index in [0.29, 0.717) is 5.92 Å². The van der Waals surface area contributed by atoms with E-state index < -0.39 is 5.60 Å². The molecule has 2 rings (SSSR count). The molecule has 1 unspecified atom stereocenters. The first-order valence-corrected chi connectivity index (χ1v) is 6.75. The molecule has 1 saturated carbocycles. The summed E-state index contributed by atoms with van der Waals surface area (Å²) in [5.74, 6) is 0.713. The number of aromatic nitrogens is 1. The monoisotopic (exact) mass is 241 g/mol. The standard InChI is InChI=1S/C12H19NO2S/c1-12(15,11-13-6-7-16-11)10-4-2-9(8-14)3-5-10/h6-7,9-10,14-15H,2-5,8H2,1H3. The van der Waals surface area contributed by atoms with Crippen molar-refractivity contribution in [2.75, 3.05) is 6.61 Å². The van der Waals surface area contributed by atoms with Crippen LogP contribution in [0.2, 0.25) is 0 Å². The molecule has 0 amide bonds. The number of nitrogens with zero attached hydrogens (tertiary/aromatic N) is 1. The Morgan fingerprint density at radius 1 is 1.44 bits per heavy atom. The molecule has 1 aromatic heterocycles. The summed E-state index contributed by atoms with van der Waals surface area (Å²) in [5.41, 5.74) is -0.797. The normalized spacial score (nSPS) is 29.9. The minimum absolute atomic E-state index is 0.279. The molecular weight excluding hydrogens is 222 g/mol. The maximum absolute atomic E-state index is 10.5. The summed E-state index contributed by atoms with van der Waals surface area (Å²) in [6.07, 6.45) is 5.74. The second-order valence-electron chi connectivity index (χ2n) is 4.89. The van der Waals surface area contributed by atoms with Gasteiger partial charge in [0.2, 0.25) is 0 Å². The van der Waals surface area contributed by atoms with Gasteiger partial charge in [-0.1, -0.05) is 0 Å². The summed E-state index contributed by atoms with van der Waals surface area (Å²) in [5, 5.41) is 22.4. The molecule has 1 aliphatic carbocycles. The SMILES string of the molecule is CC(O)(c1nccs1)C1CCC(CO)CC1. The van der Waals surface area contributed by atoms with Crippen LogP contribution in [0, 0.1) is 11.8 Å². The molecule has 0 aromatic carbocycles. The first kappa shape index (κ1) is 12.0. The van der Waals surface area contributed by atoms with E-state index in [1.807, 2.05) is 12.3 Å². The minimum Gasteiger partial charge on any atom is -0.396 e. The van der Waals surface area contributed by atoms with Crippen LogP contribution in [0.5, 0.6) is 0 Å². The molecule has 0 aliphatic heterocycles. The van der Waals surface area contributed by atoms with Crippen LogP contribution in [-0.4, -0.2) is 21.8 Å². The van der Waals surface area contributed by atoms with E-state index in [9.17, 15) is 5.11 Å². The van der Waals surface area contributed by atoms with E-state index in [1.54, 1.807) is 6.20 Å². The lowest BCUT2D eigenvalue weighted by atomic mass is 9.74. The van der Waals surface area contributed by atoms with Crippen LogP contribution in [-0.2, 0) is 5.60 Å². The average Bonchev–Trinajstić information content (AvgIpc) is 2.83. The molecule has 1 fully saturated rings. The zero-order valence-corrected chi connectivity index (χ0v) is 10.4. The molecule has 90 valence electrons. The Balaban J connectivity index is 2.03. The first-order chi connectivity index (χ1) is 7.64. The van der Waals surface area contributed by atoms with Crippen molar-refractivity contribution >= 4 is 11.3 Å². The van der Waals surface area contributed by atoms with Crippen LogP contribution < -0.4 is 0 Å². The van der Waals surface area contributed by atoms with Gasteiger partial charge in [0.25, 0.3) is 0 Å². The highest BCUT2D eigenvalue weighted by atomic mass is 32.1. The molecule has 1 heterocycles. The summed E-state index contributed by atoms with van der Waals surface area (Å²) in [4.78, 5) is 4.22. The fourth-order valence-electron chi connectivity index (χ4n) is 2.56. The van der Waals surface area contributed by atoms with Crippen LogP contribution in [0.4, 0.5) is 0 Å². The number of aliphatic hydroxyl groups excluding tert-OH is 1. The van der Waals surface area contributed by atoms with Crippen molar-refractivity contribution in [2.24, 2.45) is 11.8 Å². The van der Waals surface area contributed by atoms with E-state index in [0.717, 1.165) is 30.7 Å². The van der Waals surface area contributed by atoms with Crippen LogP contribution in [0.3, 0.4) is 0 Å². The van der Waals surface area contributed by atoms with Gasteiger partial charge in [0.15, 0.2) is 0 Å². The average molecular weight is 241 g/mol. The molecule has 1 aliphatic rings. The Kier molecular flexibility index (Phi) is 3.62. The molecular formula is C12H19NO2S. The van der Waals surface area contributed by atoms with Crippen molar-refractivity contribution in [3.05, 3.63) is 16.6 Å². The van der Waals surface area contributed by atoms with E-state index >= 15 is 0 Å². The fraction of sp³-hybridized carbons (Fsp3) is 0.750. The molecule has 1 aromatic rings. The lowest BCUT2D eigenvalue weighted by Gasteiger charge is -2.36. The van der Waals surface area contributed by atoms with Crippen molar-refractivity contribution in [1.29, 1.82) is 0 Å². The maximum atomic E-state index is 10.5. The van der Waals surface area contributed by atoms with Crippen molar-refractivity contribution in [3.8, 4) is 0 Å². The Morgan fingerprint density at radius 2 is 2.12 bits per heavy atom. The second-order valence-corrected chi connectivity index (χ2v) is 5.78. The number of hydrogen-bond acceptors (Lipinski definition) is 4. The first-order valence-electron chi connectivity index (χ1n) is 5.87. The van der Waals surface area contributed by atoms with Crippen LogP contribution in [0.25, 0.3) is 0 Å².